The highest BCUT2D eigenvalue weighted by Gasteiger charge is 2.16. The van der Waals surface area contributed by atoms with Crippen LogP contribution in [-0.4, -0.2) is 21.6 Å². The van der Waals surface area contributed by atoms with Crippen LogP contribution in [0.1, 0.15) is 18.3 Å². The topological polar surface area (TPSA) is 68.0 Å². The largest absolute Gasteiger partial charge is 0.451 e. The molecule has 1 amide bonds. The minimum atomic E-state index is -0.0739. The maximum Gasteiger partial charge on any atom is 0.234 e. The van der Waals surface area contributed by atoms with Gasteiger partial charge in [0, 0.05) is 17.5 Å². The van der Waals surface area contributed by atoms with Crippen LogP contribution in [0.25, 0.3) is 22.1 Å². The second-order valence-electron chi connectivity index (χ2n) is 6.23. The van der Waals surface area contributed by atoms with Crippen LogP contribution in [0, 0.1) is 6.92 Å². The van der Waals surface area contributed by atoms with Crippen LogP contribution in [0.4, 0.5) is 5.69 Å². The van der Waals surface area contributed by atoms with E-state index in [4.69, 9.17) is 4.42 Å². The Labute approximate surface area is 161 Å². The summed E-state index contributed by atoms with van der Waals surface area (Å²) in [5, 5.41) is 4.62. The smallest absolute Gasteiger partial charge is 0.234 e. The molecule has 136 valence electrons. The molecule has 6 heteroatoms. The normalized spacial score (nSPS) is 11.2. The molecule has 0 radical (unpaired) electrons. The van der Waals surface area contributed by atoms with Gasteiger partial charge < -0.3 is 9.73 Å². The summed E-state index contributed by atoms with van der Waals surface area (Å²) in [5.74, 6) is 0.923. The monoisotopic (exact) mass is 377 g/mol. The predicted octanol–water partition coefficient (Wildman–Crippen LogP) is 4.98. The first-order chi connectivity index (χ1) is 13.2. The standard InChI is InChI=1S/C21H19N3O2S/c1-3-17-23-19-14-9-5-7-11-16(14)26-20(19)21(24-17)27-12-18(25)22-15-10-6-4-8-13(15)2/h4-11H,3,12H2,1-2H3,(H,22,25). The van der Waals surface area contributed by atoms with Crippen LogP contribution in [0.2, 0.25) is 0 Å². The highest BCUT2D eigenvalue weighted by molar-refractivity contribution is 8.00. The Morgan fingerprint density at radius 3 is 2.70 bits per heavy atom. The second kappa shape index (κ2) is 7.40. The molecule has 2 aromatic carbocycles. The van der Waals surface area contributed by atoms with Gasteiger partial charge >= 0.3 is 0 Å². The summed E-state index contributed by atoms with van der Waals surface area (Å²) in [6.45, 7) is 3.99. The minimum absolute atomic E-state index is 0.0739. The zero-order valence-corrected chi connectivity index (χ0v) is 16.0. The molecule has 2 aromatic heterocycles. The molecule has 0 unspecified atom stereocenters. The van der Waals surface area contributed by atoms with E-state index in [2.05, 4.69) is 15.3 Å². The van der Waals surface area contributed by atoms with Crippen molar-refractivity contribution in [2.24, 2.45) is 0 Å². The molecule has 2 heterocycles. The Balaban J connectivity index is 1.61. The van der Waals surface area contributed by atoms with Crippen molar-refractivity contribution < 1.29 is 9.21 Å². The van der Waals surface area contributed by atoms with Gasteiger partial charge in [0.1, 0.15) is 22.0 Å². The van der Waals surface area contributed by atoms with E-state index in [-0.39, 0.29) is 11.7 Å². The maximum absolute atomic E-state index is 12.4. The molecule has 0 aliphatic rings. The highest BCUT2D eigenvalue weighted by Crippen LogP contribution is 2.33. The summed E-state index contributed by atoms with van der Waals surface area (Å²) in [7, 11) is 0. The molecular weight excluding hydrogens is 358 g/mol. The Kier molecular flexibility index (Phi) is 4.81. The van der Waals surface area contributed by atoms with Gasteiger partial charge in [0.15, 0.2) is 5.58 Å². The van der Waals surface area contributed by atoms with Gasteiger partial charge in [0.25, 0.3) is 0 Å². The van der Waals surface area contributed by atoms with Crippen LogP contribution < -0.4 is 5.32 Å². The lowest BCUT2D eigenvalue weighted by Crippen LogP contribution is -2.15. The molecular formula is C21H19N3O2S. The molecule has 4 rings (SSSR count). The Bertz CT molecular complexity index is 1140. The molecule has 0 bridgehead atoms. The average molecular weight is 377 g/mol. The van der Waals surface area contributed by atoms with Gasteiger partial charge in [0.2, 0.25) is 5.91 Å². The number of aromatic nitrogens is 2. The van der Waals surface area contributed by atoms with E-state index in [9.17, 15) is 4.79 Å². The number of carbonyl (C=O) groups is 1. The van der Waals surface area contributed by atoms with Crippen LogP contribution in [0.5, 0.6) is 0 Å². The van der Waals surface area contributed by atoms with Gasteiger partial charge in [-0.3, -0.25) is 4.79 Å². The fraction of sp³-hybridized carbons (Fsp3) is 0.190. The minimum Gasteiger partial charge on any atom is -0.451 e. The van der Waals surface area contributed by atoms with Crippen molar-refractivity contribution >= 4 is 45.4 Å². The Morgan fingerprint density at radius 2 is 1.89 bits per heavy atom. The molecule has 4 aromatic rings. The predicted molar refractivity (Wildman–Crippen MR) is 109 cm³/mol. The van der Waals surface area contributed by atoms with Crippen molar-refractivity contribution in [2.75, 3.05) is 11.1 Å². The number of aryl methyl sites for hydroxylation is 2. The van der Waals surface area contributed by atoms with Crippen molar-refractivity contribution in [3.63, 3.8) is 0 Å². The van der Waals surface area contributed by atoms with E-state index in [0.717, 1.165) is 40.0 Å². The fourth-order valence-electron chi connectivity index (χ4n) is 2.90. The van der Waals surface area contributed by atoms with Crippen LogP contribution in [-0.2, 0) is 11.2 Å². The summed E-state index contributed by atoms with van der Waals surface area (Å²) >= 11 is 1.37. The van der Waals surface area contributed by atoms with Gasteiger partial charge in [-0.15, -0.1) is 0 Å². The van der Waals surface area contributed by atoms with Crippen LogP contribution >= 0.6 is 11.8 Å². The van der Waals surface area contributed by atoms with E-state index in [0.29, 0.717) is 10.6 Å². The maximum atomic E-state index is 12.4. The third-order valence-electron chi connectivity index (χ3n) is 4.31. The zero-order valence-electron chi connectivity index (χ0n) is 15.2. The van der Waals surface area contributed by atoms with Crippen molar-refractivity contribution in [1.29, 1.82) is 0 Å². The van der Waals surface area contributed by atoms with Crippen LogP contribution in [0.3, 0.4) is 0 Å². The van der Waals surface area contributed by atoms with Crippen molar-refractivity contribution in [2.45, 2.75) is 25.3 Å². The van der Waals surface area contributed by atoms with Crippen molar-refractivity contribution in [3.05, 3.63) is 59.9 Å². The molecule has 27 heavy (non-hydrogen) atoms. The summed E-state index contributed by atoms with van der Waals surface area (Å²) < 4.78 is 5.98. The molecule has 0 aliphatic heterocycles. The number of nitrogens with one attached hydrogen (secondary N) is 1. The molecule has 0 spiro atoms. The summed E-state index contributed by atoms with van der Waals surface area (Å²) in [5.41, 5.74) is 4.09. The number of amides is 1. The van der Waals surface area contributed by atoms with Gasteiger partial charge in [0.05, 0.1) is 5.75 Å². The molecule has 0 fully saturated rings. The third kappa shape index (κ3) is 3.53. The lowest BCUT2D eigenvalue weighted by Gasteiger charge is -2.08. The Morgan fingerprint density at radius 1 is 1.11 bits per heavy atom. The number of fused-ring (bicyclic) bond motifs is 3. The van der Waals surface area contributed by atoms with Crippen molar-refractivity contribution in [3.8, 4) is 0 Å². The van der Waals surface area contributed by atoms with Crippen molar-refractivity contribution in [1.82, 2.24) is 9.97 Å². The van der Waals surface area contributed by atoms with Gasteiger partial charge in [-0.2, -0.15) is 0 Å². The average Bonchev–Trinajstić information content (AvgIpc) is 3.06. The molecule has 5 nitrogen and oxygen atoms in total. The quantitative estimate of drug-likeness (QED) is 0.392. The molecule has 0 saturated heterocycles. The SMILES string of the molecule is CCc1nc(SCC(=O)Nc2ccccc2C)c2oc3ccccc3c2n1. The molecule has 0 saturated carbocycles. The number of benzene rings is 2. The third-order valence-corrected chi connectivity index (χ3v) is 5.27. The van der Waals surface area contributed by atoms with E-state index in [1.54, 1.807) is 0 Å². The number of hydrogen-bond acceptors (Lipinski definition) is 5. The van der Waals surface area contributed by atoms with E-state index >= 15 is 0 Å². The van der Waals surface area contributed by atoms with Crippen LogP contribution in [0.15, 0.2) is 58.0 Å². The number of furan rings is 1. The summed E-state index contributed by atoms with van der Waals surface area (Å²) in [4.78, 5) is 21.6. The lowest BCUT2D eigenvalue weighted by atomic mass is 10.2. The first-order valence-corrected chi connectivity index (χ1v) is 9.80. The van der Waals surface area contributed by atoms with Gasteiger partial charge in [-0.1, -0.05) is 49.0 Å². The Hall–Kier alpha value is -2.86. The number of hydrogen-bond donors (Lipinski definition) is 1. The fourth-order valence-corrected chi connectivity index (χ4v) is 3.68. The first kappa shape index (κ1) is 17.5. The first-order valence-electron chi connectivity index (χ1n) is 8.82. The summed E-state index contributed by atoms with van der Waals surface area (Å²) in [6, 6.07) is 15.5. The summed E-state index contributed by atoms with van der Waals surface area (Å²) in [6.07, 6.45) is 0.721. The van der Waals surface area contributed by atoms with E-state index in [1.165, 1.54) is 11.8 Å². The number of para-hydroxylation sites is 2. The molecule has 0 aliphatic carbocycles. The van der Waals surface area contributed by atoms with Gasteiger partial charge in [-0.25, -0.2) is 9.97 Å². The number of thioether (sulfide) groups is 1. The van der Waals surface area contributed by atoms with E-state index < -0.39 is 0 Å². The number of anilines is 1. The van der Waals surface area contributed by atoms with Gasteiger partial charge in [-0.05, 0) is 30.7 Å². The number of rotatable bonds is 5. The highest BCUT2D eigenvalue weighted by atomic mass is 32.2. The van der Waals surface area contributed by atoms with E-state index in [1.807, 2.05) is 62.4 Å². The number of nitrogens with zero attached hydrogens (tertiary/aromatic N) is 2. The number of carbonyl (C=O) groups excluding carboxylic acids is 1. The molecule has 0 atom stereocenters. The molecule has 1 N–H and O–H groups in total. The zero-order chi connectivity index (χ0) is 18.8. The lowest BCUT2D eigenvalue weighted by molar-refractivity contribution is -0.113. The second-order valence-corrected chi connectivity index (χ2v) is 7.19.